The molecule has 1 heterocycles. The van der Waals surface area contributed by atoms with Crippen molar-refractivity contribution in [3.8, 4) is 0 Å². The van der Waals surface area contributed by atoms with Crippen LogP contribution in [-0.2, 0) is 4.74 Å². The standard InChI is InChI=1S/C7H10O/c1-2-7-5-3-4-6-8-7/h3-7H,2H2,1H3/t7-/m1/s1. The zero-order valence-corrected chi connectivity index (χ0v) is 5.00. The Bertz CT molecular complexity index is 55.4. The van der Waals surface area contributed by atoms with E-state index < -0.39 is 0 Å². The van der Waals surface area contributed by atoms with Gasteiger partial charge in [-0.05, 0) is 25.7 Å². The Morgan fingerprint density at radius 1 is 1.50 bits per heavy atom. The molecular formula is C7H10O. The smallest absolute Gasteiger partial charge is 0.0878 e. The van der Waals surface area contributed by atoms with Gasteiger partial charge < -0.3 is 4.74 Å². The van der Waals surface area contributed by atoms with Gasteiger partial charge in [0.1, 0.15) is 0 Å². The molecule has 0 aromatic carbocycles. The van der Waals surface area contributed by atoms with Crippen LogP contribution in [-0.4, -0.2) is 6.10 Å². The minimum absolute atomic E-state index is 0.319. The van der Waals surface area contributed by atoms with Gasteiger partial charge in [0.15, 0.2) is 0 Å². The van der Waals surface area contributed by atoms with E-state index in [0.29, 0.717) is 6.10 Å². The van der Waals surface area contributed by atoms with Crippen LogP contribution in [0.3, 0.4) is 0 Å². The third-order valence-corrected chi connectivity index (χ3v) is 1.17. The number of ether oxygens (including phenoxy) is 1. The zero-order chi connectivity index (χ0) is 5.82. The van der Waals surface area contributed by atoms with Crippen LogP contribution in [0.1, 0.15) is 13.3 Å². The van der Waals surface area contributed by atoms with Gasteiger partial charge in [-0.3, -0.25) is 0 Å². The summed E-state index contributed by atoms with van der Waals surface area (Å²) in [5.41, 5.74) is 0. The van der Waals surface area contributed by atoms with Crippen molar-refractivity contribution in [2.45, 2.75) is 19.4 Å². The molecule has 1 nitrogen and oxygen atoms in total. The Morgan fingerprint density at radius 2 is 2.38 bits per heavy atom. The summed E-state index contributed by atoms with van der Waals surface area (Å²) in [5.74, 6) is 0. The fraction of sp³-hybridized carbons (Fsp3) is 0.429. The van der Waals surface area contributed by atoms with Crippen molar-refractivity contribution in [3.63, 3.8) is 0 Å². The van der Waals surface area contributed by atoms with Crippen LogP contribution in [0, 0.1) is 25.9 Å². The summed E-state index contributed by atoms with van der Waals surface area (Å²) in [6.45, 7) is 3.84. The highest BCUT2D eigenvalue weighted by Crippen LogP contribution is 2.14. The Kier molecular flexibility index (Phi) is 2.34. The molecule has 0 unspecified atom stereocenters. The minimum atomic E-state index is 0.319. The lowest BCUT2D eigenvalue weighted by Gasteiger charge is -2.18. The van der Waals surface area contributed by atoms with Crippen molar-refractivity contribution in [1.29, 1.82) is 0 Å². The van der Waals surface area contributed by atoms with E-state index in [9.17, 15) is 0 Å². The van der Waals surface area contributed by atoms with Crippen LogP contribution in [0.25, 0.3) is 0 Å². The average molecular weight is 110 g/mol. The maximum absolute atomic E-state index is 5.16. The fourth-order valence-corrected chi connectivity index (χ4v) is 0.657. The molecule has 0 bridgehead atoms. The average Bonchev–Trinajstić information content (AvgIpc) is 1.90. The van der Waals surface area contributed by atoms with Crippen molar-refractivity contribution >= 4 is 0 Å². The molecule has 1 atom stereocenters. The molecule has 1 saturated heterocycles. The van der Waals surface area contributed by atoms with E-state index in [-0.39, 0.29) is 0 Å². The molecule has 0 N–H and O–H groups in total. The maximum Gasteiger partial charge on any atom is 0.0878 e. The minimum Gasteiger partial charge on any atom is -0.372 e. The van der Waals surface area contributed by atoms with Crippen molar-refractivity contribution in [3.05, 3.63) is 25.9 Å². The molecule has 1 fully saturated rings. The summed E-state index contributed by atoms with van der Waals surface area (Å²) in [6.07, 6.45) is 7.34. The van der Waals surface area contributed by atoms with Gasteiger partial charge in [0.25, 0.3) is 0 Å². The predicted octanol–water partition coefficient (Wildman–Crippen LogP) is 1.57. The fourth-order valence-electron chi connectivity index (χ4n) is 0.657. The Hall–Kier alpha value is -0.0400. The lowest BCUT2D eigenvalue weighted by Crippen LogP contribution is -2.15. The molecule has 0 amide bonds. The Labute approximate surface area is 51.0 Å². The van der Waals surface area contributed by atoms with Crippen molar-refractivity contribution in [1.82, 2.24) is 0 Å². The van der Waals surface area contributed by atoms with Crippen LogP contribution in [0.4, 0.5) is 0 Å². The normalized spacial score (nSPS) is 30.4. The first-order valence-corrected chi connectivity index (χ1v) is 2.92. The topological polar surface area (TPSA) is 9.23 Å². The lowest BCUT2D eigenvalue weighted by molar-refractivity contribution is 0.127. The van der Waals surface area contributed by atoms with Crippen LogP contribution >= 0.6 is 0 Å². The third-order valence-electron chi connectivity index (χ3n) is 1.17. The second-order valence-corrected chi connectivity index (χ2v) is 1.80. The first-order valence-electron chi connectivity index (χ1n) is 2.92. The van der Waals surface area contributed by atoms with Gasteiger partial charge in [0, 0.05) is 0 Å². The lowest BCUT2D eigenvalue weighted by atomic mass is 10.1. The van der Waals surface area contributed by atoms with Gasteiger partial charge in [-0.25, -0.2) is 0 Å². The molecular weight excluding hydrogens is 100 g/mol. The first kappa shape index (κ1) is 6.09. The molecule has 8 heavy (non-hydrogen) atoms. The van der Waals surface area contributed by atoms with Gasteiger partial charge in [-0.1, -0.05) is 6.92 Å². The summed E-state index contributed by atoms with van der Waals surface area (Å²) in [5, 5.41) is 0. The maximum atomic E-state index is 5.16. The van der Waals surface area contributed by atoms with Crippen LogP contribution < -0.4 is 0 Å². The highest BCUT2D eigenvalue weighted by atomic mass is 16.5. The van der Waals surface area contributed by atoms with Crippen molar-refractivity contribution in [2.75, 3.05) is 0 Å². The van der Waals surface area contributed by atoms with E-state index in [1.165, 1.54) is 0 Å². The summed E-state index contributed by atoms with van der Waals surface area (Å²) in [4.78, 5) is 0. The molecule has 1 heteroatoms. The molecule has 1 aliphatic rings. The van der Waals surface area contributed by atoms with E-state index in [2.05, 4.69) is 13.3 Å². The Balaban J connectivity index is 2.13. The molecule has 0 aromatic rings. The molecule has 0 saturated carbocycles. The number of hydrogen-bond donors (Lipinski definition) is 0. The van der Waals surface area contributed by atoms with Gasteiger partial charge in [-0.2, -0.15) is 0 Å². The Morgan fingerprint density at radius 3 is 2.75 bits per heavy atom. The quantitative estimate of drug-likeness (QED) is 0.498. The second kappa shape index (κ2) is 3.08. The van der Waals surface area contributed by atoms with Gasteiger partial charge in [0.05, 0.1) is 12.7 Å². The predicted molar refractivity (Wildman–Crippen MR) is 32.4 cm³/mol. The third kappa shape index (κ3) is 1.48. The molecule has 0 spiro atoms. The largest absolute Gasteiger partial charge is 0.372 e. The molecule has 4 radical (unpaired) electrons. The van der Waals surface area contributed by atoms with Crippen LogP contribution in [0.15, 0.2) is 0 Å². The number of rotatable bonds is 1. The van der Waals surface area contributed by atoms with Crippen LogP contribution in [0.2, 0.25) is 0 Å². The van der Waals surface area contributed by atoms with Crippen molar-refractivity contribution in [2.24, 2.45) is 0 Å². The summed E-state index contributed by atoms with van der Waals surface area (Å²) >= 11 is 0. The van der Waals surface area contributed by atoms with Crippen molar-refractivity contribution < 1.29 is 4.74 Å². The monoisotopic (exact) mass is 110 g/mol. The van der Waals surface area contributed by atoms with E-state index in [1.807, 2.05) is 12.8 Å². The highest BCUT2D eigenvalue weighted by Gasteiger charge is 2.11. The van der Waals surface area contributed by atoms with Gasteiger partial charge in [-0.15, -0.1) is 0 Å². The molecule has 0 aromatic heterocycles. The molecule has 0 aliphatic carbocycles. The van der Waals surface area contributed by atoms with E-state index >= 15 is 0 Å². The van der Waals surface area contributed by atoms with Gasteiger partial charge >= 0.3 is 0 Å². The second-order valence-electron chi connectivity index (χ2n) is 1.80. The number of hydrogen-bond acceptors (Lipinski definition) is 1. The summed E-state index contributed by atoms with van der Waals surface area (Å²) in [7, 11) is 0. The summed E-state index contributed by atoms with van der Waals surface area (Å²) in [6, 6.07) is 0. The zero-order valence-electron chi connectivity index (χ0n) is 5.00. The summed E-state index contributed by atoms with van der Waals surface area (Å²) < 4.78 is 5.16. The highest BCUT2D eigenvalue weighted by molar-refractivity contribution is 5.08. The SMILES string of the molecule is CC[C@@H]1[CH][CH][CH][CH]O1. The van der Waals surface area contributed by atoms with E-state index in [4.69, 9.17) is 4.74 Å². The first-order chi connectivity index (χ1) is 3.93. The molecule has 1 aliphatic heterocycles. The van der Waals surface area contributed by atoms with E-state index in [1.54, 1.807) is 6.61 Å². The van der Waals surface area contributed by atoms with E-state index in [0.717, 1.165) is 6.42 Å². The molecule has 44 valence electrons. The van der Waals surface area contributed by atoms with Crippen LogP contribution in [0.5, 0.6) is 0 Å². The van der Waals surface area contributed by atoms with Gasteiger partial charge in [0.2, 0.25) is 0 Å². The molecule has 1 rings (SSSR count).